The van der Waals surface area contributed by atoms with Crippen molar-refractivity contribution in [2.75, 3.05) is 31.5 Å². The molecule has 4 heterocycles. The number of hydrogen-bond donors (Lipinski definition) is 4. The summed E-state index contributed by atoms with van der Waals surface area (Å²) < 4.78 is 70.1. The van der Waals surface area contributed by atoms with Crippen molar-refractivity contribution in [1.29, 1.82) is 0 Å². The van der Waals surface area contributed by atoms with Gasteiger partial charge in [0.05, 0.1) is 28.0 Å². The molecule has 5 atom stereocenters. The average Bonchev–Trinajstić information content (AvgIpc) is 3.51. The van der Waals surface area contributed by atoms with E-state index in [2.05, 4.69) is 31.3 Å². The second kappa shape index (κ2) is 11.7. The van der Waals surface area contributed by atoms with Crippen molar-refractivity contribution < 1.29 is 36.3 Å². The van der Waals surface area contributed by atoms with Gasteiger partial charge in [0.15, 0.2) is 11.5 Å². The highest BCUT2D eigenvalue weighted by Gasteiger charge is 2.59. The monoisotopic (exact) mass is 695 g/mol. The Kier molecular flexibility index (Phi) is 7.89. The van der Waals surface area contributed by atoms with E-state index < -0.39 is 47.6 Å². The first kappa shape index (κ1) is 32.3. The standard InChI is InChI=1S/C30H31ClF5N9O3/c1-43-21(19-13-45(22-9-29(22,32)33)42-24(19)30(34,35)36)11-38-25(43)27(47)39-14-2-3-17(20(31)8-14)26(46)41-23-16-5-7-44(12-18(16)23)28(48)40-15-4-6-37-10-15/h2-3,8,11,13,15-16,18,22-23,37H,4-7,9-10,12H2,1H3,(H,39,47)(H,40,48)(H,41,46)/t15-,16?,18-,22?,23?/m0/s1. The van der Waals surface area contributed by atoms with Crippen LogP contribution in [0, 0.1) is 11.8 Å². The summed E-state index contributed by atoms with van der Waals surface area (Å²) in [4.78, 5) is 44.6. The number of rotatable bonds is 7. The van der Waals surface area contributed by atoms with Gasteiger partial charge in [0.25, 0.3) is 17.7 Å². The summed E-state index contributed by atoms with van der Waals surface area (Å²) >= 11 is 6.42. The predicted octanol–water partition coefficient (Wildman–Crippen LogP) is 3.91. The van der Waals surface area contributed by atoms with Crippen LogP contribution in [0.1, 0.15) is 52.0 Å². The Labute approximate surface area is 275 Å². The van der Waals surface area contributed by atoms with Crippen LogP contribution in [0.4, 0.5) is 32.4 Å². The number of amides is 4. The number of nitrogens with zero attached hydrogens (tertiary/aromatic N) is 5. The van der Waals surface area contributed by atoms with Gasteiger partial charge in [0, 0.05) is 63.0 Å². The van der Waals surface area contributed by atoms with Gasteiger partial charge in [0.1, 0.15) is 6.04 Å². The molecule has 4 aliphatic rings. The molecule has 0 bridgehead atoms. The van der Waals surface area contributed by atoms with Crippen LogP contribution in [0.3, 0.4) is 0 Å². The van der Waals surface area contributed by atoms with Crippen molar-refractivity contribution in [3.05, 3.63) is 52.7 Å². The van der Waals surface area contributed by atoms with Gasteiger partial charge in [-0.2, -0.15) is 18.3 Å². The molecule has 2 saturated carbocycles. The molecule has 2 saturated heterocycles. The third-order valence-electron chi connectivity index (χ3n) is 9.52. The highest BCUT2D eigenvalue weighted by Crippen LogP contribution is 2.53. The summed E-state index contributed by atoms with van der Waals surface area (Å²) in [6.45, 7) is 2.79. The number of anilines is 1. The number of piperidine rings is 1. The SMILES string of the molecule is Cn1c(-c2cn(C3CC3(F)F)nc2C(F)(F)F)cnc1C(=O)Nc1ccc(C(=O)NC2C3CCN(C(=O)N[C@H]4CCNC4)C[C@@H]32)c(Cl)c1. The molecule has 7 rings (SSSR count). The Morgan fingerprint density at radius 1 is 1.10 bits per heavy atom. The number of fused-ring (bicyclic) bond motifs is 1. The maximum Gasteiger partial charge on any atom is 0.435 e. The van der Waals surface area contributed by atoms with Crippen LogP contribution >= 0.6 is 11.6 Å². The van der Waals surface area contributed by atoms with E-state index in [1.54, 1.807) is 4.90 Å². The van der Waals surface area contributed by atoms with Gasteiger partial charge in [-0.3, -0.25) is 14.3 Å². The topological polar surface area (TPSA) is 138 Å². The van der Waals surface area contributed by atoms with Crippen LogP contribution in [-0.2, 0) is 13.2 Å². The zero-order chi connectivity index (χ0) is 34.1. The molecule has 2 aromatic heterocycles. The lowest BCUT2D eigenvalue weighted by atomic mass is 10.1. The number of aromatic nitrogens is 4. The molecular weight excluding hydrogens is 665 g/mol. The average molecular weight is 696 g/mol. The maximum atomic E-state index is 13.8. The molecule has 18 heteroatoms. The van der Waals surface area contributed by atoms with E-state index in [1.807, 2.05) is 0 Å². The number of alkyl halides is 5. The fraction of sp³-hybridized carbons (Fsp3) is 0.500. The normalized spacial score (nSPS) is 25.7. The van der Waals surface area contributed by atoms with E-state index >= 15 is 0 Å². The van der Waals surface area contributed by atoms with E-state index in [1.165, 1.54) is 25.2 Å². The smallest absolute Gasteiger partial charge is 0.349 e. The zero-order valence-corrected chi connectivity index (χ0v) is 26.2. The number of carbonyl (C=O) groups is 3. The van der Waals surface area contributed by atoms with Crippen LogP contribution in [0.25, 0.3) is 11.3 Å². The van der Waals surface area contributed by atoms with E-state index in [-0.39, 0.29) is 57.7 Å². The van der Waals surface area contributed by atoms with Crippen molar-refractivity contribution in [3.8, 4) is 11.3 Å². The Hall–Kier alpha value is -4.25. The summed E-state index contributed by atoms with van der Waals surface area (Å²) in [6.07, 6.45) is -1.98. The summed E-state index contributed by atoms with van der Waals surface area (Å²) in [5.41, 5.74) is -1.64. The number of hydrogen-bond acceptors (Lipinski definition) is 6. The third-order valence-corrected chi connectivity index (χ3v) is 9.83. The number of halogens is 6. The van der Waals surface area contributed by atoms with Crippen molar-refractivity contribution in [2.45, 2.75) is 49.5 Å². The fourth-order valence-electron chi connectivity index (χ4n) is 6.68. The molecule has 48 heavy (non-hydrogen) atoms. The molecule has 12 nitrogen and oxygen atoms in total. The highest BCUT2D eigenvalue weighted by atomic mass is 35.5. The van der Waals surface area contributed by atoms with Gasteiger partial charge in [0.2, 0.25) is 0 Å². The van der Waals surface area contributed by atoms with Gasteiger partial charge >= 0.3 is 12.2 Å². The van der Waals surface area contributed by atoms with E-state index in [4.69, 9.17) is 11.6 Å². The van der Waals surface area contributed by atoms with Crippen LogP contribution in [0.5, 0.6) is 0 Å². The summed E-state index contributed by atoms with van der Waals surface area (Å²) in [6, 6.07) is 2.71. The second-order valence-corrected chi connectivity index (χ2v) is 13.1. The van der Waals surface area contributed by atoms with E-state index in [9.17, 15) is 36.3 Å². The lowest BCUT2D eigenvalue weighted by Crippen LogP contribution is -2.48. The zero-order valence-electron chi connectivity index (χ0n) is 25.5. The first-order valence-electron chi connectivity index (χ1n) is 15.5. The van der Waals surface area contributed by atoms with Crippen LogP contribution in [0.2, 0.25) is 5.02 Å². The van der Waals surface area contributed by atoms with Crippen LogP contribution in [-0.4, -0.2) is 86.3 Å². The number of likely N-dealkylation sites (tertiary alicyclic amines) is 1. The molecule has 2 aliphatic carbocycles. The van der Waals surface area contributed by atoms with Gasteiger partial charge < -0.3 is 30.7 Å². The first-order valence-corrected chi connectivity index (χ1v) is 15.8. The first-order chi connectivity index (χ1) is 22.7. The van der Waals surface area contributed by atoms with Gasteiger partial charge in [-0.15, -0.1) is 0 Å². The van der Waals surface area contributed by atoms with E-state index in [0.717, 1.165) is 42.9 Å². The summed E-state index contributed by atoms with van der Waals surface area (Å²) in [5, 5.41) is 15.3. The molecule has 1 aromatic carbocycles. The van der Waals surface area contributed by atoms with E-state index in [0.29, 0.717) is 17.8 Å². The molecule has 2 aliphatic heterocycles. The molecule has 3 aromatic rings. The second-order valence-electron chi connectivity index (χ2n) is 12.7. The molecule has 256 valence electrons. The van der Waals surface area contributed by atoms with Gasteiger partial charge in [-0.05, 0) is 43.5 Å². The van der Waals surface area contributed by atoms with Crippen molar-refractivity contribution in [1.82, 2.24) is 40.2 Å². The third kappa shape index (κ3) is 6.08. The predicted molar refractivity (Wildman–Crippen MR) is 162 cm³/mol. The molecule has 0 spiro atoms. The summed E-state index contributed by atoms with van der Waals surface area (Å²) in [5.74, 6) is -4.19. The molecule has 0 radical (unpaired) electrons. The van der Waals surface area contributed by atoms with Gasteiger partial charge in [-0.1, -0.05) is 11.6 Å². The number of urea groups is 1. The summed E-state index contributed by atoms with van der Waals surface area (Å²) in [7, 11) is 1.31. The fourth-order valence-corrected chi connectivity index (χ4v) is 6.94. The Morgan fingerprint density at radius 2 is 1.88 bits per heavy atom. The van der Waals surface area contributed by atoms with Crippen LogP contribution < -0.4 is 21.3 Å². The number of nitrogens with one attached hydrogen (secondary N) is 4. The number of carbonyl (C=O) groups excluding carboxylic acids is 3. The minimum atomic E-state index is -4.94. The minimum absolute atomic E-state index is 0.0553. The Balaban J connectivity index is 0.981. The van der Waals surface area contributed by atoms with Crippen LogP contribution in [0.15, 0.2) is 30.6 Å². The van der Waals surface area contributed by atoms with Crippen molar-refractivity contribution in [2.24, 2.45) is 18.9 Å². The number of benzene rings is 1. The Morgan fingerprint density at radius 3 is 2.54 bits per heavy atom. The van der Waals surface area contributed by atoms with Crippen molar-refractivity contribution in [3.63, 3.8) is 0 Å². The maximum absolute atomic E-state index is 13.8. The molecule has 4 N–H and O–H groups in total. The number of imidazole rings is 1. The highest BCUT2D eigenvalue weighted by molar-refractivity contribution is 6.34. The lowest BCUT2D eigenvalue weighted by Gasteiger charge is -2.27. The molecule has 4 amide bonds. The minimum Gasteiger partial charge on any atom is -0.349 e. The quantitative estimate of drug-likeness (QED) is 0.277. The van der Waals surface area contributed by atoms with Crippen molar-refractivity contribution >= 4 is 35.1 Å². The van der Waals surface area contributed by atoms with Gasteiger partial charge in [-0.25, -0.2) is 18.6 Å². The lowest BCUT2D eigenvalue weighted by molar-refractivity contribution is -0.141. The molecular formula is C30H31ClF5N9O3. The largest absolute Gasteiger partial charge is 0.435 e. The Bertz CT molecular complexity index is 1790. The molecule has 4 fully saturated rings. The molecule has 3 unspecified atom stereocenters.